The zero-order valence-electron chi connectivity index (χ0n) is 10.2. The summed E-state index contributed by atoms with van der Waals surface area (Å²) in [6, 6.07) is 7.86. The Bertz CT molecular complexity index is 543. The van der Waals surface area contributed by atoms with Crippen LogP contribution in [0.25, 0.3) is 10.9 Å². The lowest BCUT2D eigenvalue weighted by Crippen LogP contribution is -2.22. The standard InChI is InChI=1S/C13H17N3O/c1-15(2)12(17)7-9-16-8-6-10-4-3-5-11(14)13(10)16/h3-6,8H,7,9,14H2,1-2H3. The van der Waals surface area contributed by atoms with Crippen LogP contribution in [-0.2, 0) is 11.3 Å². The summed E-state index contributed by atoms with van der Waals surface area (Å²) in [5.74, 6) is 0.126. The first-order chi connectivity index (χ1) is 8.09. The van der Waals surface area contributed by atoms with Gasteiger partial charge in [-0.1, -0.05) is 12.1 Å². The first kappa shape index (κ1) is 11.5. The maximum absolute atomic E-state index is 11.5. The van der Waals surface area contributed by atoms with Crippen molar-refractivity contribution in [3.05, 3.63) is 30.5 Å². The Balaban J connectivity index is 2.22. The van der Waals surface area contributed by atoms with Crippen LogP contribution in [0, 0.1) is 0 Å². The first-order valence-electron chi connectivity index (χ1n) is 5.63. The second kappa shape index (κ2) is 4.49. The number of hydrogen-bond acceptors (Lipinski definition) is 2. The van der Waals surface area contributed by atoms with E-state index in [4.69, 9.17) is 5.73 Å². The number of hydrogen-bond donors (Lipinski definition) is 1. The summed E-state index contributed by atoms with van der Waals surface area (Å²) in [7, 11) is 3.54. The third kappa shape index (κ3) is 2.25. The van der Waals surface area contributed by atoms with E-state index in [0.717, 1.165) is 16.6 Å². The predicted octanol–water partition coefficient (Wildman–Crippen LogP) is 1.70. The number of para-hydroxylation sites is 1. The minimum atomic E-state index is 0.126. The van der Waals surface area contributed by atoms with Crippen LogP contribution >= 0.6 is 0 Å². The van der Waals surface area contributed by atoms with Gasteiger partial charge in [-0.2, -0.15) is 0 Å². The number of aryl methyl sites for hydroxylation is 1. The molecule has 4 nitrogen and oxygen atoms in total. The molecule has 2 rings (SSSR count). The van der Waals surface area contributed by atoms with Crippen LogP contribution < -0.4 is 5.73 Å². The van der Waals surface area contributed by atoms with Crippen molar-refractivity contribution in [3.63, 3.8) is 0 Å². The van der Waals surface area contributed by atoms with E-state index in [9.17, 15) is 4.79 Å². The molecule has 0 saturated carbocycles. The van der Waals surface area contributed by atoms with Crippen LogP contribution in [0.4, 0.5) is 5.69 Å². The van der Waals surface area contributed by atoms with Crippen molar-refractivity contribution in [1.82, 2.24) is 9.47 Å². The van der Waals surface area contributed by atoms with Crippen molar-refractivity contribution in [2.24, 2.45) is 0 Å². The highest BCUT2D eigenvalue weighted by Gasteiger charge is 2.07. The van der Waals surface area contributed by atoms with Gasteiger partial charge in [0, 0.05) is 38.6 Å². The molecule has 0 bridgehead atoms. The van der Waals surface area contributed by atoms with Gasteiger partial charge in [0.2, 0.25) is 5.91 Å². The molecule has 2 aromatic rings. The lowest BCUT2D eigenvalue weighted by atomic mass is 10.2. The number of nitrogens with two attached hydrogens (primary N) is 1. The van der Waals surface area contributed by atoms with Gasteiger partial charge in [-0.3, -0.25) is 4.79 Å². The molecule has 0 spiro atoms. The number of carbonyl (C=O) groups is 1. The summed E-state index contributed by atoms with van der Waals surface area (Å²) in [5.41, 5.74) is 7.72. The van der Waals surface area contributed by atoms with Gasteiger partial charge in [0.05, 0.1) is 11.2 Å². The minimum absolute atomic E-state index is 0.126. The number of nitrogens with zero attached hydrogens (tertiary/aromatic N) is 2. The van der Waals surface area contributed by atoms with E-state index >= 15 is 0 Å². The van der Waals surface area contributed by atoms with Gasteiger partial charge >= 0.3 is 0 Å². The fourth-order valence-electron chi connectivity index (χ4n) is 1.92. The van der Waals surface area contributed by atoms with Crippen molar-refractivity contribution in [1.29, 1.82) is 0 Å². The monoisotopic (exact) mass is 231 g/mol. The number of amides is 1. The van der Waals surface area contributed by atoms with E-state index < -0.39 is 0 Å². The summed E-state index contributed by atoms with van der Waals surface area (Å²) in [5, 5.41) is 1.11. The SMILES string of the molecule is CN(C)C(=O)CCn1ccc2cccc(N)c21. The molecule has 0 unspecified atom stereocenters. The van der Waals surface area contributed by atoms with E-state index in [2.05, 4.69) is 0 Å². The molecule has 0 aliphatic rings. The zero-order valence-corrected chi connectivity index (χ0v) is 10.2. The molecule has 0 aliphatic carbocycles. The number of nitrogen functional groups attached to an aromatic ring is 1. The molecule has 0 radical (unpaired) electrons. The normalized spacial score (nSPS) is 10.7. The largest absolute Gasteiger partial charge is 0.397 e. The molecule has 1 heterocycles. The Morgan fingerprint density at radius 1 is 1.35 bits per heavy atom. The Morgan fingerprint density at radius 3 is 2.82 bits per heavy atom. The number of rotatable bonds is 3. The van der Waals surface area contributed by atoms with Crippen LogP contribution in [0.5, 0.6) is 0 Å². The highest BCUT2D eigenvalue weighted by Crippen LogP contribution is 2.22. The van der Waals surface area contributed by atoms with E-state index in [1.165, 1.54) is 0 Å². The van der Waals surface area contributed by atoms with Crippen molar-refractivity contribution < 1.29 is 4.79 Å². The van der Waals surface area contributed by atoms with E-state index in [-0.39, 0.29) is 5.91 Å². The summed E-state index contributed by atoms with van der Waals surface area (Å²) in [6.07, 6.45) is 2.47. The van der Waals surface area contributed by atoms with Crippen LogP contribution in [0.2, 0.25) is 0 Å². The topological polar surface area (TPSA) is 51.3 Å². The first-order valence-corrected chi connectivity index (χ1v) is 5.63. The molecule has 0 atom stereocenters. The quantitative estimate of drug-likeness (QED) is 0.817. The molecule has 0 aliphatic heterocycles. The Hall–Kier alpha value is -1.97. The van der Waals surface area contributed by atoms with Gasteiger partial charge in [-0.25, -0.2) is 0 Å². The summed E-state index contributed by atoms with van der Waals surface area (Å²) in [4.78, 5) is 13.1. The molecule has 90 valence electrons. The lowest BCUT2D eigenvalue weighted by molar-refractivity contribution is -0.128. The van der Waals surface area contributed by atoms with E-state index in [1.807, 2.05) is 35.0 Å². The van der Waals surface area contributed by atoms with Crippen LogP contribution in [0.15, 0.2) is 30.5 Å². The van der Waals surface area contributed by atoms with Crippen LogP contribution in [0.1, 0.15) is 6.42 Å². The summed E-state index contributed by atoms with van der Waals surface area (Å²) < 4.78 is 2.03. The van der Waals surface area contributed by atoms with E-state index in [0.29, 0.717) is 13.0 Å². The number of anilines is 1. The highest BCUT2D eigenvalue weighted by atomic mass is 16.2. The average molecular weight is 231 g/mol. The zero-order chi connectivity index (χ0) is 12.4. The van der Waals surface area contributed by atoms with E-state index in [1.54, 1.807) is 19.0 Å². The van der Waals surface area contributed by atoms with Crippen molar-refractivity contribution >= 4 is 22.5 Å². The van der Waals surface area contributed by atoms with Gasteiger partial charge in [0.25, 0.3) is 0 Å². The number of aromatic nitrogens is 1. The average Bonchev–Trinajstić information content (AvgIpc) is 2.70. The molecule has 17 heavy (non-hydrogen) atoms. The van der Waals surface area contributed by atoms with Crippen molar-refractivity contribution in [2.75, 3.05) is 19.8 Å². The number of carbonyl (C=O) groups excluding carboxylic acids is 1. The Morgan fingerprint density at radius 2 is 2.12 bits per heavy atom. The highest BCUT2D eigenvalue weighted by molar-refractivity contribution is 5.90. The van der Waals surface area contributed by atoms with Gasteiger partial charge in [-0.05, 0) is 12.1 Å². The molecular weight excluding hydrogens is 214 g/mol. The summed E-state index contributed by atoms with van der Waals surface area (Å²) in [6.45, 7) is 0.661. The smallest absolute Gasteiger partial charge is 0.223 e. The predicted molar refractivity (Wildman–Crippen MR) is 69.7 cm³/mol. The maximum atomic E-state index is 11.5. The van der Waals surface area contributed by atoms with Crippen molar-refractivity contribution in [2.45, 2.75) is 13.0 Å². The number of fused-ring (bicyclic) bond motifs is 1. The van der Waals surface area contributed by atoms with Gasteiger partial charge < -0.3 is 15.2 Å². The third-order valence-electron chi connectivity index (χ3n) is 2.89. The maximum Gasteiger partial charge on any atom is 0.223 e. The van der Waals surface area contributed by atoms with Crippen LogP contribution in [0.3, 0.4) is 0 Å². The van der Waals surface area contributed by atoms with Gasteiger partial charge in [0.1, 0.15) is 0 Å². The molecule has 2 N–H and O–H groups in total. The molecule has 4 heteroatoms. The molecular formula is C13H17N3O. The molecule has 0 saturated heterocycles. The molecule has 1 amide bonds. The third-order valence-corrected chi connectivity index (χ3v) is 2.89. The fraction of sp³-hybridized carbons (Fsp3) is 0.308. The molecule has 1 aromatic heterocycles. The molecule has 1 aromatic carbocycles. The minimum Gasteiger partial charge on any atom is -0.397 e. The lowest BCUT2D eigenvalue weighted by Gasteiger charge is -2.11. The molecule has 0 fully saturated rings. The summed E-state index contributed by atoms with van der Waals surface area (Å²) >= 11 is 0. The fourth-order valence-corrected chi connectivity index (χ4v) is 1.92. The van der Waals surface area contributed by atoms with Crippen LogP contribution in [-0.4, -0.2) is 29.5 Å². The number of benzene rings is 1. The second-order valence-corrected chi connectivity index (χ2v) is 4.33. The van der Waals surface area contributed by atoms with Crippen molar-refractivity contribution in [3.8, 4) is 0 Å². The van der Waals surface area contributed by atoms with Gasteiger partial charge in [0.15, 0.2) is 0 Å². The van der Waals surface area contributed by atoms with Gasteiger partial charge in [-0.15, -0.1) is 0 Å². The second-order valence-electron chi connectivity index (χ2n) is 4.33. The Labute approximate surface area is 101 Å². The Kier molecular flexibility index (Phi) is 3.04.